The molecule has 16 heavy (non-hydrogen) atoms. The van der Waals surface area contributed by atoms with E-state index in [1.54, 1.807) is 6.07 Å². The summed E-state index contributed by atoms with van der Waals surface area (Å²) in [6.45, 7) is 1.45. The molecular weight excluding hydrogens is 299 g/mol. The van der Waals surface area contributed by atoms with Crippen molar-refractivity contribution < 1.29 is 9.66 Å². The van der Waals surface area contributed by atoms with Crippen LogP contribution in [-0.2, 0) is 4.74 Å². The summed E-state index contributed by atoms with van der Waals surface area (Å²) in [4.78, 5) is 14.3. The molecule has 1 aromatic heterocycles. The first-order valence-electron chi connectivity index (χ1n) is 4.44. The average Bonchev–Trinajstić information content (AvgIpc) is 2.21. The number of nitro groups is 1. The van der Waals surface area contributed by atoms with E-state index in [1.807, 2.05) is 0 Å². The van der Waals surface area contributed by atoms with Gasteiger partial charge in [-0.25, -0.2) is 0 Å². The fourth-order valence-electron chi connectivity index (χ4n) is 1.28. The van der Waals surface area contributed by atoms with Crippen LogP contribution in [0.15, 0.2) is 16.7 Å². The Morgan fingerprint density at radius 1 is 1.69 bits per heavy atom. The van der Waals surface area contributed by atoms with E-state index >= 15 is 0 Å². The lowest BCUT2D eigenvalue weighted by Gasteiger charge is -2.17. The van der Waals surface area contributed by atoms with Crippen LogP contribution >= 0.6 is 27.5 Å². The fourth-order valence-corrected chi connectivity index (χ4v) is 2.02. The lowest BCUT2D eigenvalue weighted by molar-refractivity contribution is -0.532. The predicted molar refractivity (Wildman–Crippen MR) is 63.2 cm³/mol. The lowest BCUT2D eigenvalue weighted by atomic mass is 10.1. The Bertz CT molecular complexity index is 402. The molecule has 0 aliphatic carbocycles. The molecule has 0 fully saturated rings. The second-order valence-electron chi connectivity index (χ2n) is 3.20. The number of halogens is 2. The van der Waals surface area contributed by atoms with E-state index in [2.05, 4.69) is 20.9 Å². The molecule has 0 saturated carbocycles. The second kappa shape index (κ2) is 5.56. The summed E-state index contributed by atoms with van der Waals surface area (Å²) >= 11 is 9.17. The minimum Gasteiger partial charge on any atom is -0.368 e. The molecule has 7 heteroatoms. The summed E-state index contributed by atoms with van der Waals surface area (Å²) in [6, 6.07) is 0.721. The number of rotatable bonds is 4. The van der Waals surface area contributed by atoms with E-state index in [0.717, 1.165) is 0 Å². The van der Waals surface area contributed by atoms with Crippen molar-refractivity contribution in [3.05, 3.63) is 37.6 Å². The Labute approximate surface area is 106 Å². The first-order valence-corrected chi connectivity index (χ1v) is 5.61. The van der Waals surface area contributed by atoms with Gasteiger partial charge in [0.05, 0.1) is 10.7 Å². The molecule has 88 valence electrons. The molecule has 1 heterocycles. The van der Waals surface area contributed by atoms with Crippen LogP contribution in [0.2, 0.25) is 5.02 Å². The van der Waals surface area contributed by atoms with Crippen molar-refractivity contribution in [1.82, 2.24) is 4.98 Å². The summed E-state index contributed by atoms with van der Waals surface area (Å²) < 4.78 is 5.79. The molecule has 0 bridgehead atoms. The molecule has 0 spiro atoms. The van der Waals surface area contributed by atoms with Gasteiger partial charge in [-0.3, -0.25) is 15.1 Å². The van der Waals surface area contributed by atoms with Gasteiger partial charge < -0.3 is 4.74 Å². The van der Waals surface area contributed by atoms with E-state index in [0.29, 0.717) is 15.2 Å². The second-order valence-corrected chi connectivity index (χ2v) is 4.53. The Morgan fingerprint density at radius 2 is 2.31 bits per heavy atom. The third-order valence-electron chi connectivity index (χ3n) is 2.13. The number of pyridine rings is 1. The van der Waals surface area contributed by atoms with Crippen molar-refractivity contribution in [2.45, 2.75) is 19.1 Å². The maximum atomic E-state index is 10.7. The molecule has 0 aromatic carbocycles. The summed E-state index contributed by atoms with van der Waals surface area (Å²) in [5, 5.41) is 11.0. The molecule has 0 saturated heterocycles. The first kappa shape index (κ1) is 13.3. The molecule has 0 radical (unpaired) electrons. The van der Waals surface area contributed by atoms with Crippen molar-refractivity contribution in [2.24, 2.45) is 0 Å². The number of hydrogen-bond donors (Lipinski definition) is 0. The van der Waals surface area contributed by atoms with Gasteiger partial charge in [-0.2, -0.15) is 0 Å². The fraction of sp³-hybridized carbons (Fsp3) is 0.444. The van der Waals surface area contributed by atoms with Gasteiger partial charge in [-0.05, 0) is 22.0 Å². The van der Waals surface area contributed by atoms with Gasteiger partial charge in [0.2, 0.25) is 6.04 Å². The predicted octanol–water partition coefficient (Wildman–Crippen LogP) is 2.85. The van der Waals surface area contributed by atoms with Crippen LogP contribution in [-0.4, -0.2) is 23.1 Å². The lowest BCUT2D eigenvalue weighted by Crippen LogP contribution is -2.26. The molecule has 0 amide bonds. The van der Waals surface area contributed by atoms with Crippen LogP contribution in [0.5, 0.6) is 0 Å². The van der Waals surface area contributed by atoms with E-state index in [1.165, 1.54) is 20.2 Å². The molecule has 0 aliphatic heterocycles. The third-order valence-corrected chi connectivity index (χ3v) is 2.87. The topological polar surface area (TPSA) is 65.3 Å². The molecule has 5 nitrogen and oxygen atoms in total. The summed E-state index contributed by atoms with van der Waals surface area (Å²) in [7, 11) is 1.39. The van der Waals surface area contributed by atoms with Crippen LogP contribution in [0, 0.1) is 10.1 Å². The van der Waals surface area contributed by atoms with Gasteiger partial charge in [0.15, 0.2) is 6.10 Å². The van der Waals surface area contributed by atoms with Crippen molar-refractivity contribution in [3.63, 3.8) is 0 Å². The zero-order chi connectivity index (χ0) is 12.3. The van der Waals surface area contributed by atoms with E-state index in [-0.39, 0.29) is 0 Å². The highest BCUT2D eigenvalue weighted by atomic mass is 79.9. The van der Waals surface area contributed by atoms with Crippen molar-refractivity contribution >= 4 is 27.5 Å². The van der Waals surface area contributed by atoms with Gasteiger partial charge in [0, 0.05) is 29.6 Å². The van der Waals surface area contributed by atoms with Gasteiger partial charge in [0.1, 0.15) is 0 Å². The standard InChI is InChI=1S/C9H10BrClN2O3/c1-5(13(14)15)9(16-2)8-7(11)3-6(10)4-12-8/h3-5,9H,1-2H3. The van der Waals surface area contributed by atoms with Gasteiger partial charge in [-0.1, -0.05) is 11.6 Å². The Kier molecular flexibility index (Phi) is 4.64. The van der Waals surface area contributed by atoms with Crippen LogP contribution in [0.4, 0.5) is 0 Å². The third kappa shape index (κ3) is 2.90. The Morgan fingerprint density at radius 3 is 2.75 bits per heavy atom. The average molecular weight is 310 g/mol. The largest absolute Gasteiger partial charge is 0.368 e. The minimum absolute atomic E-state index is 0.343. The zero-order valence-electron chi connectivity index (χ0n) is 8.68. The highest BCUT2D eigenvalue weighted by Crippen LogP contribution is 2.28. The summed E-state index contributed by atoms with van der Waals surface area (Å²) in [5.41, 5.74) is 0.372. The maximum Gasteiger partial charge on any atom is 0.241 e. The van der Waals surface area contributed by atoms with Gasteiger partial charge >= 0.3 is 0 Å². The number of aromatic nitrogens is 1. The van der Waals surface area contributed by atoms with Crippen LogP contribution in [0.25, 0.3) is 0 Å². The van der Waals surface area contributed by atoms with E-state index in [9.17, 15) is 10.1 Å². The highest BCUT2D eigenvalue weighted by molar-refractivity contribution is 9.10. The molecule has 1 aromatic rings. The zero-order valence-corrected chi connectivity index (χ0v) is 11.0. The van der Waals surface area contributed by atoms with Crippen molar-refractivity contribution in [1.29, 1.82) is 0 Å². The van der Waals surface area contributed by atoms with Crippen molar-refractivity contribution in [3.8, 4) is 0 Å². The highest BCUT2D eigenvalue weighted by Gasteiger charge is 2.31. The minimum atomic E-state index is -0.906. The van der Waals surface area contributed by atoms with Crippen molar-refractivity contribution in [2.75, 3.05) is 7.11 Å². The molecule has 2 unspecified atom stereocenters. The van der Waals surface area contributed by atoms with Crippen LogP contribution in [0.1, 0.15) is 18.7 Å². The number of ether oxygens (including phenoxy) is 1. The van der Waals surface area contributed by atoms with E-state index < -0.39 is 17.1 Å². The first-order chi connectivity index (χ1) is 7.47. The van der Waals surface area contributed by atoms with Gasteiger partial charge in [-0.15, -0.1) is 0 Å². The quantitative estimate of drug-likeness (QED) is 0.633. The molecule has 0 aliphatic rings. The number of nitrogens with zero attached hydrogens (tertiary/aromatic N) is 2. The SMILES string of the molecule is COC(c1ncc(Br)cc1Cl)C(C)[N+](=O)[O-]. The molecular formula is C9H10BrClN2O3. The van der Waals surface area contributed by atoms with Gasteiger partial charge in [0.25, 0.3) is 0 Å². The summed E-state index contributed by atoms with van der Waals surface area (Å²) in [5.74, 6) is 0. The normalized spacial score (nSPS) is 14.5. The molecule has 2 atom stereocenters. The Hall–Kier alpha value is -0.720. The summed E-state index contributed by atoms with van der Waals surface area (Å²) in [6.07, 6.45) is 0.774. The molecule has 0 N–H and O–H groups in total. The van der Waals surface area contributed by atoms with E-state index in [4.69, 9.17) is 16.3 Å². The monoisotopic (exact) mass is 308 g/mol. The Balaban J connectivity index is 3.08. The van der Waals surface area contributed by atoms with Crippen LogP contribution < -0.4 is 0 Å². The number of methoxy groups -OCH3 is 1. The number of hydrogen-bond acceptors (Lipinski definition) is 4. The molecule has 1 rings (SSSR count). The smallest absolute Gasteiger partial charge is 0.241 e. The van der Waals surface area contributed by atoms with Crippen LogP contribution in [0.3, 0.4) is 0 Å². The maximum absolute atomic E-state index is 10.7.